The summed E-state index contributed by atoms with van der Waals surface area (Å²) >= 11 is 1.51. The number of sulfonamides is 1. The molecule has 1 aromatic heterocycles. The van der Waals surface area contributed by atoms with Gasteiger partial charge in [-0.05, 0) is 36.6 Å². The third-order valence-corrected chi connectivity index (χ3v) is 7.06. The van der Waals surface area contributed by atoms with Crippen LogP contribution < -0.4 is 20.5 Å². The van der Waals surface area contributed by atoms with Crippen molar-refractivity contribution in [2.24, 2.45) is 7.05 Å². The number of rotatable bonds is 10. The Morgan fingerprint density at radius 3 is 2.72 bits per heavy atom. The molecule has 0 saturated heterocycles. The quantitative estimate of drug-likeness (QED) is 0.455. The lowest BCUT2D eigenvalue weighted by molar-refractivity contribution is -0.122. The van der Waals surface area contributed by atoms with Crippen molar-refractivity contribution in [2.75, 3.05) is 19.1 Å². The Kier molecular flexibility index (Phi) is 7.64. The van der Waals surface area contributed by atoms with E-state index in [1.807, 2.05) is 24.5 Å². The van der Waals surface area contributed by atoms with Crippen molar-refractivity contribution >= 4 is 38.8 Å². The lowest BCUT2D eigenvalue weighted by atomic mass is 10.2. The van der Waals surface area contributed by atoms with Crippen molar-refractivity contribution in [1.29, 1.82) is 0 Å². The van der Waals surface area contributed by atoms with Gasteiger partial charge in [-0.15, -0.1) is 0 Å². The minimum Gasteiger partial charge on any atom is -0.496 e. The number of oxazole rings is 1. The summed E-state index contributed by atoms with van der Waals surface area (Å²) in [5, 5.41) is 2.78. The fraction of sp³-hybridized carbons (Fsp3) is 0.333. The largest absolute Gasteiger partial charge is 0.496 e. The fourth-order valence-corrected chi connectivity index (χ4v) is 4.89. The van der Waals surface area contributed by atoms with Crippen molar-refractivity contribution in [1.82, 2.24) is 14.6 Å². The van der Waals surface area contributed by atoms with Crippen molar-refractivity contribution < 1.29 is 22.4 Å². The van der Waals surface area contributed by atoms with Crippen LogP contribution in [0.5, 0.6) is 5.75 Å². The Labute approximate surface area is 190 Å². The molecular weight excluding hydrogens is 454 g/mol. The molecule has 0 fully saturated rings. The third kappa shape index (κ3) is 5.34. The first kappa shape index (κ1) is 23.9. The molecule has 0 aliphatic heterocycles. The summed E-state index contributed by atoms with van der Waals surface area (Å²) in [6, 6.07) is 10.4. The maximum atomic E-state index is 13.0. The molecule has 3 rings (SSSR count). The van der Waals surface area contributed by atoms with Crippen LogP contribution in [0.4, 0.5) is 0 Å². The highest BCUT2D eigenvalue weighted by atomic mass is 32.2. The standard InChI is InChI=1S/C21H25N3O6S2/c1-24-17-9-8-15(12-19(17)30-21(24)26)32(27,28)23-16(10-11-31-3)20(25)22-13-14-6-4-5-7-18(14)29-2/h4-9,12,16,23H,10-11,13H2,1-3H3,(H,22,25)/t16-/m0/s1. The summed E-state index contributed by atoms with van der Waals surface area (Å²) in [5.41, 5.74) is 1.41. The van der Waals surface area contributed by atoms with Gasteiger partial charge in [0, 0.05) is 25.2 Å². The van der Waals surface area contributed by atoms with Crippen LogP contribution >= 0.6 is 11.8 Å². The number of carbonyl (C=O) groups excluding carboxylic acids is 1. The molecule has 9 nitrogen and oxygen atoms in total. The third-order valence-electron chi connectivity index (χ3n) is 4.94. The molecule has 2 aromatic carbocycles. The van der Waals surface area contributed by atoms with Crippen LogP contribution in [0.25, 0.3) is 11.1 Å². The first-order valence-corrected chi connectivity index (χ1v) is 12.6. The summed E-state index contributed by atoms with van der Waals surface area (Å²) in [6.45, 7) is 0.196. The van der Waals surface area contributed by atoms with Crippen LogP contribution in [0.2, 0.25) is 0 Å². The molecule has 0 saturated carbocycles. The SMILES string of the molecule is COc1ccccc1CNC(=O)[C@H](CCSC)NS(=O)(=O)c1ccc2c(c1)oc(=O)n2C. The number of aromatic nitrogens is 1. The molecule has 11 heteroatoms. The van der Waals surface area contributed by atoms with Crippen LogP contribution in [0.15, 0.2) is 56.6 Å². The van der Waals surface area contributed by atoms with Crippen molar-refractivity contribution in [3.05, 3.63) is 58.6 Å². The van der Waals surface area contributed by atoms with Crippen molar-refractivity contribution in [3.63, 3.8) is 0 Å². The zero-order chi connectivity index (χ0) is 23.3. The number of methoxy groups -OCH3 is 1. The molecule has 0 bridgehead atoms. The van der Waals surface area contributed by atoms with Crippen LogP contribution in [-0.2, 0) is 28.4 Å². The van der Waals surface area contributed by atoms with Gasteiger partial charge < -0.3 is 14.5 Å². The Morgan fingerprint density at radius 2 is 2.00 bits per heavy atom. The minimum atomic E-state index is -4.04. The second-order valence-corrected chi connectivity index (χ2v) is 9.74. The average Bonchev–Trinajstić information content (AvgIpc) is 3.07. The monoisotopic (exact) mass is 479 g/mol. The molecule has 172 valence electrons. The number of hydrogen-bond acceptors (Lipinski definition) is 7. The Balaban J connectivity index is 1.79. The van der Waals surface area contributed by atoms with Gasteiger partial charge >= 0.3 is 5.76 Å². The lowest BCUT2D eigenvalue weighted by Gasteiger charge is -2.19. The van der Waals surface area contributed by atoms with E-state index in [0.29, 0.717) is 23.4 Å². The number of fused-ring (bicyclic) bond motifs is 1. The lowest BCUT2D eigenvalue weighted by Crippen LogP contribution is -2.46. The molecule has 0 radical (unpaired) electrons. The Hall–Kier alpha value is -2.76. The van der Waals surface area contributed by atoms with E-state index < -0.39 is 27.7 Å². The van der Waals surface area contributed by atoms with Crippen molar-refractivity contribution in [3.8, 4) is 5.75 Å². The van der Waals surface area contributed by atoms with Gasteiger partial charge in [-0.2, -0.15) is 16.5 Å². The predicted octanol–water partition coefficient (Wildman–Crippen LogP) is 1.86. The second-order valence-electron chi connectivity index (χ2n) is 7.04. The highest BCUT2D eigenvalue weighted by Crippen LogP contribution is 2.19. The summed E-state index contributed by atoms with van der Waals surface area (Å²) in [7, 11) is -0.966. The molecule has 2 N–H and O–H groups in total. The number of para-hydroxylation sites is 1. The zero-order valence-electron chi connectivity index (χ0n) is 18.0. The maximum Gasteiger partial charge on any atom is 0.419 e. The van der Waals surface area contributed by atoms with Gasteiger partial charge in [0.15, 0.2) is 5.58 Å². The van der Waals surface area contributed by atoms with E-state index in [-0.39, 0.29) is 17.0 Å². The minimum absolute atomic E-state index is 0.0916. The number of ether oxygens (including phenoxy) is 1. The molecule has 0 aliphatic rings. The van der Waals surface area contributed by atoms with E-state index in [1.54, 1.807) is 13.2 Å². The molecule has 32 heavy (non-hydrogen) atoms. The number of nitrogens with zero attached hydrogens (tertiary/aromatic N) is 1. The van der Waals surface area contributed by atoms with Gasteiger partial charge in [0.25, 0.3) is 0 Å². The molecular formula is C21H25N3O6S2. The molecule has 1 amide bonds. The summed E-state index contributed by atoms with van der Waals surface area (Å²) < 4.78 is 40.1. The van der Waals surface area contributed by atoms with Gasteiger partial charge in [0.05, 0.1) is 17.5 Å². The maximum absolute atomic E-state index is 13.0. The van der Waals surface area contributed by atoms with Gasteiger partial charge in [0.2, 0.25) is 15.9 Å². The zero-order valence-corrected chi connectivity index (χ0v) is 19.6. The number of benzene rings is 2. The van der Waals surface area contributed by atoms with E-state index in [2.05, 4.69) is 10.0 Å². The first-order valence-electron chi connectivity index (χ1n) is 9.77. The van der Waals surface area contributed by atoms with E-state index >= 15 is 0 Å². The summed E-state index contributed by atoms with van der Waals surface area (Å²) in [6.07, 6.45) is 2.18. The van der Waals surface area contributed by atoms with Gasteiger partial charge in [-0.1, -0.05) is 18.2 Å². The number of amides is 1. The molecule has 1 atom stereocenters. The van der Waals surface area contributed by atoms with Gasteiger partial charge in [-0.25, -0.2) is 13.2 Å². The second kappa shape index (κ2) is 10.2. The molecule has 0 spiro atoms. The van der Waals surface area contributed by atoms with E-state index in [1.165, 1.54) is 41.6 Å². The predicted molar refractivity (Wildman–Crippen MR) is 123 cm³/mol. The van der Waals surface area contributed by atoms with Crippen LogP contribution in [-0.4, -0.2) is 44.1 Å². The van der Waals surface area contributed by atoms with E-state index in [0.717, 1.165) is 5.56 Å². The Bertz CT molecular complexity index is 1270. The average molecular weight is 480 g/mol. The number of hydrogen-bond donors (Lipinski definition) is 2. The van der Waals surface area contributed by atoms with E-state index in [9.17, 15) is 18.0 Å². The van der Waals surface area contributed by atoms with Gasteiger partial charge in [-0.3, -0.25) is 9.36 Å². The highest BCUT2D eigenvalue weighted by Gasteiger charge is 2.26. The first-order chi connectivity index (χ1) is 15.3. The fourth-order valence-electron chi connectivity index (χ4n) is 3.17. The van der Waals surface area contributed by atoms with Crippen LogP contribution in [0, 0.1) is 0 Å². The number of aryl methyl sites for hydroxylation is 1. The smallest absolute Gasteiger partial charge is 0.419 e. The number of carbonyl (C=O) groups is 1. The van der Waals surface area contributed by atoms with Crippen LogP contribution in [0.1, 0.15) is 12.0 Å². The molecule has 0 unspecified atom stereocenters. The van der Waals surface area contributed by atoms with Gasteiger partial charge in [0.1, 0.15) is 11.8 Å². The summed E-state index contributed by atoms with van der Waals surface area (Å²) in [5.74, 6) is 0.186. The summed E-state index contributed by atoms with van der Waals surface area (Å²) in [4.78, 5) is 24.4. The normalized spacial score (nSPS) is 12.6. The van der Waals surface area contributed by atoms with Crippen LogP contribution in [0.3, 0.4) is 0 Å². The molecule has 3 aromatic rings. The highest BCUT2D eigenvalue weighted by molar-refractivity contribution is 7.98. The Morgan fingerprint density at radius 1 is 1.25 bits per heavy atom. The molecule has 0 aliphatic carbocycles. The number of nitrogens with one attached hydrogen (secondary N) is 2. The topological polar surface area (TPSA) is 120 Å². The van der Waals surface area contributed by atoms with E-state index in [4.69, 9.17) is 9.15 Å². The van der Waals surface area contributed by atoms with Crippen molar-refractivity contribution in [2.45, 2.75) is 23.9 Å². The molecule has 1 heterocycles. The number of thioether (sulfide) groups is 1.